The van der Waals surface area contributed by atoms with Crippen molar-refractivity contribution in [1.82, 2.24) is 5.32 Å². The minimum Gasteiger partial charge on any atom is -0.494 e. The van der Waals surface area contributed by atoms with Crippen LogP contribution >= 0.6 is 0 Å². The molecule has 1 heterocycles. The number of carboxylic acids is 1. The van der Waals surface area contributed by atoms with Crippen molar-refractivity contribution in [1.29, 1.82) is 0 Å². The van der Waals surface area contributed by atoms with Gasteiger partial charge in [-0.25, -0.2) is 4.79 Å². The average Bonchev–Trinajstić information content (AvgIpc) is 2.89. The summed E-state index contributed by atoms with van der Waals surface area (Å²) in [6.07, 6.45) is 0.749. The zero-order valence-corrected chi connectivity index (χ0v) is 11.7. The lowest BCUT2D eigenvalue weighted by Gasteiger charge is -2.12. The van der Waals surface area contributed by atoms with E-state index in [4.69, 9.17) is 14.6 Å². The van der Waals surface area contributed by atoms with Crippen molar-refractivity contribution in [3.05, 3.63) is 29.8 Å². The predicted molar refractivity (Wildman–Crippen MR) is 74.8 cm³/mol. The molecule has 0 radical (unpaired) electrons. The SMILES string of the molecule is CCOc1cccc(CNCC2CCC(C(=O)O)O2)c1. The summed E-state index contributed by atoms with van der Waals surface area (Å²) < 4.78 is 10.9. The summed E-state index contributed by atoms with van der Waals surface area (Å²) in [6.45, 7) is 4.01. The molecule has 0 saturated carbocycles. The largest absolute Gasteiger partial charge is 0.494 e. The Kier molecular flexibility index (Phi) is 5.38. The van der Waals surface area contributed by atoms with Crippen LogP contribution in [0.25, 0.3) is 0 Å². The zero-order valence-electron chi connectivity index (χ0n) is 11.7. The van der Waals surface area contributed by atoms with Gasteiger partial charge in [0.05, 0.1) is 12.7 Å². The number of hydrogen-bond donors (Lipinski definition) is 2. The molecule has 5 heteroatoms. The molecule has 5 nitrogen and oxygen atoms in total. The first kappa shape index (κ1) is 14.8. The first-order valence-corrected chi connectivity index (χ1v) is 6.99. The van der Waals surface area contributed by atoms with E-state index in [1.54, 1.807) is 0 Å². The van der Waals surface area contributed by atoms with E-state index >= 15 is 0 Å². The van der Waals surface area contributed by atoms with Crippen LogP contribution in [0.4, 0.5) is 0 Å². The summed E-state index contributed by atoms with van der Waals surface area (Å²) in [5.74, 6) is 0.00627. The molecule has 2 rings (SSSR count). The number of aliphatic carboxylic acids is 1. The van der Waals surface area contributed by atoms with Crippen LogP contribution in [-0.4, -0.2) is 36.4 Å². The lowest BCUT2D eigenvalue weighted by Crippen LogP contribution is -2.28. The van der Waals surface area contributed by atoms with E-state index in [2.05, 4.69) is 5.32 Å². The van der Waals surface area contributed by atoms with E-state index in [0.717, 1.165) is 24.3 Å². The second kappa shape index (κ2) is 7.26. The predicted octanol–water partition coefficient (Wildman–Crippen LogP) is 1.81. The highest BCUT2D eigenvalue weighted by atomic mass is 16.5. The zero-order chi connectivity index (χ0) is 14.4. The molecule has 0 aromatic heterocycles. The normalized spacial score (nSPS) is 21.9. The maximum Gasteiger partial charge on any atom is 0.332 e. The van der Waals surface area contributed by atoms with E-state index in [0.29, 0.717) is 19.6 Å². The molecular weight excluding hydrogens is 258 g/mol. The van der Waals surface area contributed by atoms with Gasteiger partial charge < -0.3 is 19.9 Å². The van der Waals surface area contributed by atoms with Crippen LogP contribution in [0, 0.1) is 0 Å². The third-order valence-electron chi connectivity index (χ3n) is 3.29. The fourth-order valence-electron chi connectivity index (χ4n) is 2.33. The molecule has 2 unspecified atom stereocenters. The molecule has 1 saturated heterocycles. The lowest BCUT2D eigenvalue weighted by molar-refractivity contribution is -0.149. The van der Waals surface area contributed by atoms with Crippen molar-refractivity contribution >= 4 is 5.97 Å². The summed E-state index contributed by atoms with van der Waals surface area (Å²) in [7, 11) is 0. The second-order valence-corrected chi connectivity index (χ2v) is 4.87. The van der Waals surface area contributed by atoms with Crippen molar-refractivity contribution in [2.24, 2.45) is 0 Å². The van der Waals surface area contributed by atoms with E-state index in [9.17, 15) is 4.79 Å². The Hall–Kier alpha value is -1.59. The highest BCUT2D eigenvalue weighted by Gasteiger charge is 2.29. The molecule has 2 N–H and O–H groups in total. The molecule has 0 amide bonds. The molecule has 110 valence electrons. The maximum absolute atomic E-state index is 10.8. The standard InChI is InChI=1S/C15H21NO4/c1-2-19-12-5-3-4-11(8-12)9-16-10-13-6-7-14(20-13)15(17)18/h3-5,8,13-14,16H,2,6-7,9-10H2,1H3,(H,17,18). The van der Waals surface area contributed by atoms with Crippen LogP contribution < -0.4 is 10.1 Å². The van der Waals surface area contributed by atoms with Gasteiger partial charge in [0.15, 0.2) is 6.10 Å². The quantitative estimate of drug-likeness (QED) is 0.796. The summed E-state index contributed by atoms with van der Waals surface area (Å²) in [5.41, 5.74) is 1.14. The van der Waals surface area contributed by atoms with Gasteiger partial charge in [-0.3, -0.25) is 0 Å². The Morgan fingerprint density at radius 2 is 2.35 bits per heavy atom. The first-order valence-electron chi connectivity index (χ1n) is 6.99. The van der Waals surface area contributed by atoms with Crippen molar-refractivity contribution in [2.75, 3.05) is 13.2 Å². The summed E-state index contributed by atoms with van der Waals surface area (Å²) in [6, 6.07) is 7.94. The molecule has 2 atom stereocenters. The average molecular weight is 279 g/mol. The minimum absolute atomic E-state index is 0.00817. The molecular formula is C15H21NO4. The monoisotopic (exact) mass is 279 g/mol. The van der Waals surface area contributed by atoms with Gasteiger partial charge in [0.25, 0.3) is 0 Å². The molecule has 0 spiro atoms. The fourth-order valence-corrected chi connectivity index (χ4v) is 2.33. The van der Waals surface area contributed by atoms with E-state index in [1.165, 1.54) is 0 Å². The van der Waals surface area contributed by atoms with Crippen molar-refractivity contribution in [3.8, 4) is 5.75 Å². The van der Waals surface area contributed by atoms with Gasteiger partial charge in [-0.2, -0.15) is 0 Å². The number of hydrogen-bond acceptors (Lipinski definition) is 4. The number of benzene rings is 1. The number of ether oxygens (including phenoxy) is 2. The Morgan fingerprint density at radius 3 is 3.05 bits per heavy atom. The lowest BCUT2D eigenvalue weighted by atomic mass is 10.2. The van der Waals surface area contributed by atoms with Crippen LogP contribution in [0.15, 0.2) is 24.3 Å². The van der Waals surface area contributed by atoms with Gasteiger partial charge >= 0.3 is 5.97 Å². The van der Waals surface area contributed by atoms with Gasteiger partial charge in [0.2, 0.25) is 0 Å². The van der Waals surface area contributed by atoms with E-state index in [-0.39, 0.29) is 6.10 Å². The van der Waals surface area contributed by atoms with Crippen LogP contribution in [0.5, 0.6) is 5.75 Å². The molecule has 1 aromatic carbocycles. The van der Waals surface area contributed by atoms with Gasteiger partial charge in [0.1, 0.15) is 5.75 Å². The molecule has 1 aliphatic heterocycles. The maximum atomic E-state index is 10.8. The van der Waals surface area contributed by atoms with Gasteiger partial charge in [-0.15, -0.1) is 0 Å². The summed E-state index contributed by atoms with van der Waals surface area (Å²) in [4.78, 5) is 10.8. The number of carbonyl (C=O) groups is 1. The Balaban J connectivity index is 1.73. The fraction of sp³-hybridized carbons (Fsp3) is 0.533. The second-order valence-electron chi connectivity index (χ2n) is 4.87. The van der Waals surface area contributed by atoms with E-state index < -0.39 is 12.1 Å². The Bertz CT molecular complexity index is 449. The third kappa shape index (κ3) is 4.21. The summed E-state index contributed by atoms with van der Waals surface area (Å²) in [5, 5.41) is 12.2. The highest BCUT2D eigenvalue weighted by Crippen LogP contribution is 2.19. The third-order valence-corrected chi connectivity index (χ3v) is 3.29. The van der Waals surface area contributed by atoms with Crippen LogP contribution in [0.2, 0.25) is 0 Å². The summed E-state index contributed by atoms with van der Waals surface area (Å²) >= 11 is 0. The number of nitrogens with one attached hydrogen (secondary N) is 1. The number of rotatable bonds is 7. The topological polar surface area (TPSA) is 67.8 Å². The van der Waals surface area contributed by atoms with Gasteiger partial charge in [-0.05, 0) is 37.5 Å². The van der Waals surface area contributed by atoms with Gasteiger partial charge in [-0.1, -0.05) is 12.1 Å². The molecule has 1 fully saturated rings. The molecule has 1 aromatic rings. The van der Waals surface area contributed by atoms with Crippen molar-refractivity contribution in [3.63, 3.8) is 0 Å². The van der Waals surface area contributed by atoms with Gasteiger partial charge in [0, 0.05) is 13.1 Å². The Labute approximate surface area is 118 Å². The van der Waals surface area contributed by atoms with Crippen LogP contribution in [0.1, 0.15) is 25.3 Å². The van der Waals surface area contributed by atoms with Crippen LogP contribution in [0.3, 0.4) is 0 Å². The van der Waals surface area contributed by atoms with Crippen molar-refractivity contribution < 1.29 is 19.4 Å². The molecule has 0 aliphatic carbocycles. The minimum atomic E-state index is -0.864. The molecule has 20 heavy (non-hydrogen) atoms. The number of carboxylic acid groups (broad SMARTS) is 1. The highest BCUT2D eigenvalue weighted by molar-refractivity contribution is 5.72. The smallest absolute Gasteiger partial charge is 0.332 e. The van der Waals surface area contributed by atoms with E-state index in [1.807, 2.05) is 31.2 Å². The first-order chi connectivity index (χ1) is 9.69. The van der Waals surface area contributed by atoms with Crippen molar-refractivity contribution in [2.45, 2.75) is 38.5 Å². The van der Waals surface area contributed by atoms with Crippen LogP contribution in [-0.2, 0) is 16.1 Å². The molecule has 1 aliphatic rings. The Morgan fingerprint density at radius 1 is 1.50 bits per heavy atom. The molecule has 0 bridgehead atoms.